The summed E-state index contributed by atoms with van der Waals surface area (Å²) in [5.74, 6) is -0.154. The number of rotatable bonds is 6. The zero-order valence-corrected chi connectivity index (χ0v) is 13.3. The maximum atomic E-state index is 11.7. The molecule has 0 amide bonds. The Morgan fingerprint density at radius 1 is 1.20 bits per heavy atom. The molecular formula is C17H27NO2. The lowest BCUT2D eigenvalue weighted by atomic mass is 9.86. The first-order chi connectivity index (χ1) is 9.38. The van der Waals surface area contributed by atoms with E-state index < -0.39 is 0 Å². The molecule has 1 aromatic rings. The molecule has 0 aromatic heterocycles. The van der Waals surface area contributed by atoms with Gasteiger partial charge >= 0.3 is 5.97 Å². The fourth-order valence-electron chi connectivity index (χ4n) is 2.16. The number of carbonyl (C=O) groups excluding carboxylic acids is 1. The molecule has 0 aliphatic rings. The Morgan fingerprint density at radius 2 is 1.80 bits per heavy atom. The van der Waals surface area contributed by atoms with Gasteiger partial charge in [-0.15, -0.1) is 0 Å². The molecule has 0 aliphatic heterocycles. The predicted molar refractivity (Wildman–Crippen MR) is 82.8 cm³/mol. The second-order valence-corrected chi connectivity index (χ2v) is 5.99. The molecule has 0 heterocycles. The maximum Gasteiger partial charge on any atom is 0.307 e. The van der Waals surface area contributed by atoms with Crippen LogP contribution in [0.4, 0.5) is 0 Å². The van der Waals surface area contributed by atoms with Gasteiger partial charge in [0.25, 0.3) is 0 Å². The highest BCUT2D eigenvalue weighted by Crippen LogP contribution is 2.25. The van der Waals surface area contributed by atoms with Crippen molar-refractivity contribution in [2.24, 2.45) is 0 Å². The van der Waals surface area contributed by atoms with Crippen LogP contribution in [0.2, 0.25) is 0 Å². The average Bonchev–Trinajstić information content (AvgIpc) is 2.38. The van der Waals surface area contributed by atoms with Crippen molar-refractivity contribution in [3.63, 3.8) is 0 Å². The van der Waals surface area contributed by atoms with E-state index in [9.17, 15) is 4.79 Å². The summed E-state index contributed by atoms with van der Waals surface area (Å²) in [5.41, 5.74) is 2.58. The van der Waals surface area contributed by atoms with E-state index in [0.717, 1.165) is 12.1 Å². The second-order valence-electron chi connectivity index (χ2n) is 5.99. The van der Waals surface area contributed by atoms with Crippen molar-refractivity contribution in [3.05, 3.63) is 35.4 Å². The van der Waals surface area contributed by atoms with Crippen molar-refractivity contribution in [2.45, 2.75) is 52.5 Å². The molecule has 0 radical (unpaired) electrons. The summed E-state index contributed by atoms with van der Waals surface area (Å²) in [6.45, 7) is 11.7. The standard InChI is InChI=1S/C17H27NO2/c1-6-18-15(12-16(19)20-7-2)13-8-10-14(11-9-13)17(3,4)5/h8-11,15,18H,6-7,12H2,1-5H3. The summed E-state index contributed by atoms with van der Waals surface area (Å²) in [7, 11) is 0. The Morgan fingerprint density at radius 3 is 2.25 bits per heavy atom. The molecule has 112 valence electrons. The Bertz CT molecular complexity index is 418. The van der Waals surface area contributed by atoms with E-state index in [-0.39, 0.29) is 17.4 Å². The Hall–Kier alpha value is -1.35. The maximum absolute atomic E-state index is 11.7. The van der Waals surface area contributed by atoms with Crippen LogP contribution in [0.5, 0.6) is 0 Å². The molecule has 3 nitrogen and oxygen atoms in total. The van der Waals surface area contributed by atoms with E-state index in [2.05, 4.69) is 50.4 Å². The summed E-state index contributed by atoms with van der Waals surface area (Å²) in [4.78, 5) is 11.7. The predicted octanol–water partition coefficient (Wildman–Crippen LogP) is 3.59. The van der Waals surface area contributed by atoms with E-state index in [1.807, 2.05) is 13.8 Å². The van der Waals surface area contributed by atoms with Gasteiger partial charge in [0.15, 0.2) is 0 Å². The molecule has 0 spiro atoms. The Kier molecular flexibility index (Phi) is 6.21. The SMILES string of the molecule is CCNC(CC(=O)OCC)c1ccc(C(C)(C)C)cc1. The minimum atomic E-state index is -0.154. The zero-order valence-electron chi connectivity index (χ0n) is 13.3. The molecule has 0 fully saturated rings. The number of benzene rings is 1. The third-order valence-corrected chi connectivity index (χ3v) is 3.31. The van der Waals surface area contributed by atoms with Gasteiger partial charge in [-0.05, 0) is 30.0 Å². The van der Waals surface area contributed by atoms with Gasteiger partial charge < -0.3 is 10.1 Å². The Labute approximate surface area is 122 Å². The van der Waals surface area contributed by atoms with Crippen molar-refractivity contribution in [2.75, 3.05) is 13.2 Å². The number of nitrogens with one attached hydrogen (secondary N) is 1. The third-order valence-electron chi connectivity index (χ3n) is 3.31. The lowest BCUT2D eigenvalue weighted by Crippen LogP contribution is -2.24. The van der Waals surface area contributed by atoms with E-state index in [1.165, 1.54) is 5.56 Å². The van der Waals surface area contributed by atoms with Gasteiger partial charge in [0.2, 0.25) is 0 Å². The number of hydrogen-bond acceptors (Lipinski definition) is 3. The quantitative estimate of drug-likeness (QED) is 0.808. The minimum Gasteiger partial charge on any atom is -0.466 e. The largest absolute Gasteiger partial charge is 0.466 e. The molecule has 1 aromatic carbocycles. The van der Waals surface area contributed by atoms with Crippen LogP contribution in [0.15, 0.2) is 24.3 Å². The fourth-order valence-corrected chi connectivity index (χ4v) is 2.16. The highest BCUT2D eigenvalue weighted by molar-refractivity contribution is 5.70. The van der Waals surface area contributed by atoms with Gasteiger partial charge in [-0.2, -0.15) is 0 Å². The third kappa shape index (κ3) is 4.97. The van der Waals surface area contributed by atoms with Gasteiger partial charge in [-0.1, -0.05) is 52.0 Å². The monoisotopic (exact) mass is 277 g/mol. The lowest BCUT2D eigenvalue weighted by Gasteiger charge is -2.22. The highest BCUT2D eigenvalue weighted by Gasteiger charge is 2.18. The molecule has 1 N–H and O–H groups in total. The second kappa shape index (κ2) is 7.44. The van der Waals surface area contributed by atoms with Crippen molar-refractivity contribution in [1.82, 2.24) is 5.32 Å². The highest BCUT2D eigenvalue weighted by atomic mass is 16.5. The lowest BCUT2D eigenvalue weighted by molar-refractivity contribution is -0.143. The topological polar surface area (TPSA) is 38.3 Å². The fraction of sp³-hybridized carbons (Fsp3) is 0.588. The molecule has 0 saturated carbocycles. The minimum absolute atomic E-state index is 0.0214. The van der Waals surface area contributed by atoms with Crippen LogP contribution in [0, 0.1) is 0 Å². The van der Waals surface area contributed by atoms with E-state index in [1.54, 1.807) is 0 Å². The molecule has 0 saturated heterocycles. The van der Waals surface area contributed by atoms with Crippen molar-refractivity contribution in [3.8, 4) is 0 Å². The first kappa shape index (κ1) is 16.7. The normalized spacial score (nSPS) is 13.1. The summed E-state index contributed by atoms with van der Waals surface area (Å²) < 4.78 is 5.04. The zero-order chi connectivity index (χ0) is 15.2. The van der Waals surface area contributed by atoms with Crippen LogP contribution >= 0.6 is 0 Å². The van der Waals surface area contributed by atoms with Gasteiger partial charge in [-0.25, -0.2) is 0 Å². The summed E-state index contributed by atoms with van der Waals surface area (Å²) >= 11 is 0. The first-order valence-corrected chi connectivity index (χ1v) is 7.38. The summed E-state index contributed by atoms with van der Waals surface area (Å²) in [5, 5.41) is 3.35. The van der Waals surface area contributed by atoms with Gasteiger partial charge in [0, 0.05) is 6.04 Å². The van der Waals surface area contributed by atoms with E-state index >= 15 is 0 Å². The first-order valence-electron chi connectivity index (χ1n) is 7.38. The van der Waals surface area contributed by atoms with Crippen molar-refractivity contribution in [1.29, 1.82) is 0 Å². The van der Waals surface area contributed by atoms with Crippen LogP contribution in [0.1, 0.15) is 58.2 Å². The summed E-state index contributed by atoms with van der Waals surface area (Å²) in [6, 6.07) is 8.52. The molecular weight excluding hydrogens is 250 g/mol. The number of hydrogen-bond donors (Lipinski definition) is 1. The van der Waals surface area contributed by atoms with Crippen LogP contribution in [-0.2, 0) is 14.9 Å². The van der Waals surface area contributed by atoms with Crippen LogP contribution in [-0.4, -0.2) is 19.1 Å². The molecule has 0 aliphatic carbocycles. The average molecular weight is 277 g/mol. The number of esters is 1. The van der Waals surface area contributed by atoms with E-state index in [0.29, 0.717) is 13.0 Å². The van der Waals surface area contributed by atoms with Crippen LogP contribution < -0.4 is 5.32 Å². The molecule has 20 heavy (non-hydrogen) atoms. The van der Waals surface area contributed by atoms with Crippen LogP contribution in [0.3, 0.4) is 0 Å². The Balaban J connectivity index is 2.84. The van der Waals surface area contributed by atoms with Crippen molar-refractivity contribution >= 4 is 5.97 Å². The molecule has 1 unspecified atom stereocenters. The molecule has 1 rings (SSSR count). The van der Waals surface area contributed by atoms with Gasteiger partial charge in [0.1, 0.15) is 0 Å². The summed E-state index contributed by atoms with van der Waals surface area (Å²) in [6.07, 6.45) is 0.372. The van der Waals surface area contributed by atoms with Gasteiger partial charge in [0.05, 0.1) is 13.0 Å². The molecule has 3 heteroatoms. The van der Waals surface area contributed by atoms with Gasteiger partial charge in [-0.3, -0.25) is 4.79 Å². The molecule has 0 bridgehead atoms. The smallest absolute Gasteiger partial charge is 0.307 e. The number of carbonyl (C=O) groups is 1. The number of ether oxygens (including phenoxy) is 1. The van der Waals surface area contributed by atoms with Crippen molar-refractivity contribution < 1.29 is 9.53 Å². The van der Waals surface area contributed by atoms with Crippen LogP contribution in [0.25, 0.3) is 0 Å². The van der Waals surface area contributed by atoms with E-state index in [4.69, 9.17) is 4.74 Å². The molecule has 1 atom stereocenters.